The number of ketones is 1. The molecule has 178 valence electrons. The number of fused-ring (bicyclic) bond motifs is 1. The second-order valence-electron chi connectivity index (χ2n) is 7.20. The lowest BCUT2D eigenvalue weighted by molar-refractivity contribution is 0.00533. The number of Topliss-reactive ketones (excluding diaryl/α,β-unsaturated/α-hetero) is 1. The molecule has 4 rings (SSSR count). The van der Waals surface area contributed by atoms with E-state index in [-0.39, 0.29) is 47.4 Å². The maximum absolute atomic E-state index is 13.5. The van der Waals surface area contributed by atoms with E-state index in [0.29, 0.717) is 10.0 Å². The molecule has 1 heterocycles. The fourth-order valence-corrected chi connectivity index (χ4v) is 4.66. The molecule has 0 atom stereocenters. The van der Waals surface area contributed by atoms with Crippen LogP contribution >= 0.6 is 58.0 Å². The van der Waals surface area contributed by atoms with Gasteiger partial charge in [0.1, 0.15) is 12.4 Å². The number of carbonyl (C=O) groups is 4. The highest BCUT2D eigenvalue weighted by molar-refractivity contribution is 6.55. The second-order valence-corrected chi connectivity index (χ2v) is 9.12. The Kier molecular flexibility index (Phi) is 7.09. The van der Waals surface area contributed by atoms with Gasteiger partial charge in [0.25, 0.3) is 17.7 Å². The molecular weight excluding hydrogens is 565 g/mol. The molecule has 35 heavy (non-hydrogen) atoms. The molecule has 0 N–H and O–H groups in total. The quantitative estimate of drug-likeness (QED) is 0.148. The molecule has 3 aromatic rings. The molecule has 0 saturated carbocycles. The number of carbonyl (C=O) groups excluding carboxylic acids is 4. The second kappa shape index (κ2) is 9.76. The van der Waals surface area contributed by atoms with E-state index in [1.54, 1.807) is 6.07 Å². The van der Waals surface area contributed by atoms with Crippen LogP contribution in [0.3, 0.4) is 0 Å². The molecule has 0 saturated heterocycles. The standard InChI is InChI=1S/C23H10Cl5FN2O4/c24-13-4-2-1-3-12(13)21(33)30(9-14(32)10-5-7-11(29)8-6-10)31-22(34)15-16(23(31)35)18(26)20(28)19(27)17(15)25/h1-8H,9H2. The Morgan fingerprint density at radius 3 is 1.80 bits per heavy atom. The smallest absolute Gasteiger partial charge is 0.282 e. The number of rotatable bonds is 5. The summed E-state index contributed by atoms with van der Waals surface area (Å²) in [5.41, 5.74) is -0.808. The van der Waals surface area contributed by atoms with Gasteiger partial charge in [-0.15, -0.1) is 0 Å². The highest BCUT2D eigenvalue weighted by atomic mass is 35.5. The minimum absolute atomic E-state index is 0.00972. The molecule has 0 aliphatic carbocycles. The molecule has 0 bridgehead atoms. The van der Waals surface area contributed by atoms with Gasteiger partial charge >= 0.3 is 0 Å². The van der Waals surface area contributed by atoms with Crippen molar-refractivity contribution in [2.45, 2.75) is 0 Å². The Labute approximate surface area is 222 Å². The lowest BCUT2D eigenvalue weighted by Gasteiger charge is -2.29. The highest BCUT2D eigenvalue weighted by Crippen LogP contribution is 2.45. The third-order valence-corrected chi connectivity index (χ3v) is 7.25. The Balaban J connectivity index is 1.83. The van der Waals surface area contributed by atoms with Crippen molar-refractivity contribution in [3.05, 3.63) is 102 Å². The lowest BCUT2D eigenvalue weighted by Crippen LogP contribution is -2.51. The van der Waals surface area contributed by atoms with Gasteiger partial charge in [0, 0.05) is 5.56 Å². The zero-order chi connectivity index (χ0) is 25.6. The fraction of sp³-hybridized carbons (Fsp3) is 0.0435. The average Bonchev–Trinajstić information content (AvgIpc) is 3.10. The number of halogens is 6. The number of hydrogen-bond acceptors (Lipinski definition) is 4. The minimum Gasteiger partial charge on any atom is -0.292 e. The van der Waals surface area contributed by atoms with Gasteiger partial charge < -0.3 is 0 Å². The molecule has 1 aliphatic heterocycles. The first-order valence-electron chi connectivity index (χ1n) is 9.64. The molecule has 3 aromatic carbocycles. The highest BCUT2D eigenvalue weighted by Gasteiger charge is 2.46. The van der Waals surface area contributed by atoms with E-state index in [4.69, 9.17) is 58.0 Å². The van der Waals surface area contributed by atoms with E-state index in [0.717, 1.165) is 12.1 Å². The fourth-order valence-electron chi connectivity index (χ4n) is 3.43. The first kappa shape index (κ1) is 25.4. The van der Waals surface area contributed by atoms with Gasteiger partial charge in [-0.3, -0.25) is 19.2 Å². The molecule has 0 spiro atoms. The van der Waals surface area contributed by atoms with Gasteiger partial charge in [0.05, 0.1) is 41.8 Å². The van der Waals surface area contributed by atoms with E-state index in [1.165, 1.54) is 30.3 Å². The van der Waals surface area contributed by atoms with Crippen molar-refractivity contribution >= 4 is 81.5 Å². The predicted molar refractivity (Wildman–Crippen MR) is 130 cm³/mol. The van der Waals surface area contributed by atoms with E-state index >= 15 is 0 Å². The van der Waals surface area contributed by atoms with Crippen LogP contribution in [0.5, 0.6) is 0 Å². The molecule has 6 nitrogen and oxygen atoms in total. The summed E-state index contributed by atoms with van der Waals surface area (Å²) in [6.45, 7) is -0.780. The summed E-state index contributed by atoms with van der Waals surface area (Å²) >= 11 is 30.6. The van der Waals surface area contributed by atoms with Gasteiger partial charge in [-0.25, -0.2) is 9.40 Å². The number of hydrogen-bond donors (Lipinski definition) is 0. The number of benzene rings is 3. The Hall–Kier alpha value is -2.68. The Morgan fingerprint density at radius 1 is 0.771 bits per heavy atom. The van der Waals surface area contributed by atoms with Crippen molar-refractivity contribution < 1.29 is 23.6 Å². The number of imide groups is 1. The molecule has 0 aromatic heterocycles. The third-order valence-electron chi connectivity index (χ3n) is 5.12. The largest absolute Gasteiger partial charge is 0.292 e. The minimum atomic E-state index is -1.05. The van der Waals surface area contributed by atoms with Crippen LogP contribution < -0.4 is 0 Å². The molecule has 12 heteroatoms. The SMILES string of the molecule is O=C(CN(C(=O)c1ccccc1Cl)N1C(=O)c2c(Cl)c(Cl)c(Cl)c(Cl)c2C1=O)c1ccc(F)cc1. The summed E-state index contributed by atoms with van der Waals surface area (Å²) in [6, 6.07) is 10.4. The Morgan fingerprint density at radius 2 is 1.29 bits per heavy atom. The van der Waals surface area contributed by atoms with Gasteiger partial charge in [0.2, 0.25) is 0 Å². The number of nitrogens with zero attached hydrogens (tertiary/aromatic N) is 2. The Bertz CT molecular complexity index is 1380. The van der Waals surface area contributed by atoms with Crippen LogP contribution in [0.25, 0.3) is 0 Å². The van der Waals surface area contributed by atoms with Crippen molar-refractivity contribution in [2.75, 3.05) is 6.54 Å². The monoisotopic (exact) mass is 572 g/mol. The summed E-state index contributed by atoms with van der Waals surface area (Å²) in [5.74, 6) is -4.32. The number of amides is 3. The summed E-state index contributed by atoms with van der Waals surface area (Å²) in [4.78, 5) is 53.1. The van der Waals surface area contributed by atoms with Crippen LogP contribution in [-0.2, 0) is 0 Å². The van der Waals surface area contributed by atoms with E-state index in [1.807, 2.05) is 0 Å². The third kappa shape index (κ3) is 4.39. The van der Waals surface area contributed by atoms with E-state index in [9.17, 15) is 23.6 Å². The van der Waals surface area contributed by atoms with Crippen LogP contribution in [0, 0.1) is 5.82 Å². The zero-order valence-electron chi connectivity index (χ0n) is 17.1. The van der Waals surface area contributed by atoms with Crippen LogP contribution in [0.1, 0.15) is 41.4 Å². The molecule has 0 radical (unpaired) electrons. The van der Waals surface area contributed by atoms with Crippen molar-refractivity contribution in [3.63, 3.8) is 0 Å². The van der Waals surface area contributed by atoms with Crippen molar-refractivity contribution in [3.8, 4) is 0 Å². The summed E-state index contributed by atoms with van der Waals surface area (Å²) in [6.07, 6.45) is 0. The molecule has 0 unspecified atom stereocenters. The predicted octanol–water partition coefficient (Wildman–Crippen LogP) is 6.63. The van der Waals surface area contributed by atoms with Gasteiger partial charge in [-0.1, -0.05) is 70.1 Å². The van der Waals surface area contributed by atoms with Crippen molar-refractivity contribution in [1.29, 1.82) is 0 Å². The maximum Gasteiger partial charge on any atom is 0.282 e. The molecule has 3 amide bonds. The van der Waals surface area contributed by atoms with Crippen LogP contribution in [0.2, 0.25) is 25.1 Å². The van der Waals surface area contributed by atoms with Crippen molar-refractivity contribution in [2.24, 2.45) is 0 Å². The van der Waals surface area contributed by atoms with E-state index < -0.39 is 35.9 Å². The van der Waals surface area contributed by atoms with Crippen LogP contribution in [-0.4, -0.2) is 40.1 Å². The molecule has 0 fully saturated rings. The lowest BCUT2D eigenvalue weighted by atomic mass is 10.1. The first-order valence-corrected chi connectivity index (χ1v) is 11.5. The van der Waals surface area contributed by atoms with Gasteiger partial charge in [-0.05, 0) is 36.4 Å². The normalized spacial score (nSPS) is 12.7. The first-order chi connectivity index (χ1) is 16.5. The van der Waals surface area contributed by atoms with Gasteiger partial charge in [-0.2, -0.15) is 5.01 Å². The topological polar surface area (TPSA) is 74.8 Å². The van der Waals surface area contributed by atoms with Crippen LogP contribution in [0.4, 0.5) is 4.39 Å². The number of hydrazine groups is 1. The maximum atomic E-state index is 13.5. The zero-order valence-corrected chi connectivity index (χ0v) is 20.9. The van der Waals surface area contributed by atoms with Crippen LogP contribution in [0.15, 0.2) is 48.5 Å². The summed E-state index contributed by atoms with van der Waals surface area (Å²) in [5, 5.41) is -0.138. The molecular formula is C23H10Cl5FN2O4. The molecule has 1 aliphatic rings. The van der Waals surface area contributed by atoms with E-state index in [2.05, 4.69) is 0 Å². The summed E-state index contributed by atoms with van der Waals surface area (Å²) < 4.78 is 13.3. The van der Waals surface area contributed by atoms with Crippen molar-refractivity contribution in [1.82, 2.24) is 10.0 Å². The average molecular weight is 575 g/mol. The summed E-state index contributed by atoms with van der Waals surface area (Å²) in [7, 11) is 0. The van der Waals surface area contributed by atoms with Gasteiger partial charge in [0.15, 0.2) is 5.78 Å².